The number of amides is 1. The third kappa shape index (κ3) is 4.03. The summed E-state index contributed by atoms with van der Waals surface area (Å²) in [5.41, 5.74) is 4.38. The van der Waals surface area contributed by atoms with Crippen molar-refractivity contribution in [3.63, 3.8) is 0 Å². The molecule has 0 saturated carbocycles. The number of methoxy groups -OCH3 is 1. The van der Waals surface area contributed by atoms with E-state index in [9.17, 15) is 4.79 Å². The first kappa shape index (κ1) is 22.1. The SMILES string of the molecule is COc1cc(NC(=O)c2ccc(N3C[C@@H](C)N[C@H](C)C3)c3cnc(C)nc23)cn2cc(C)nc12. The van der Waals surface area contributed by atoms with Gasteiger partial charge in [-0.15, -0.1) is 0 Å². The molecule has 0 aliphatic carbocycles. The Morgan fingerprint density at radius 3 is 2.65 bits per heavy atom. The molecule has 3 aromatic heterocycles. The smallest absolute Gasteiger partial charge is 0.257 e. The maximum absolute atomic E-state index is 13.4. The minimum atomic E-state index is -0.241. The molecule has 176 valence electrons. The minimum Gasteiger partial charge on any atom is -0.493 e. The van der Waals surface area contributed by atoms with Crippen LogP contribution in [0.1, 0.15) is 35.7 Å². The van der Waals surface area contributed by atoms with Crippen LogP contribution in [0, 0.1) is 13.8 Å². The van der Waals surface area contributed by atoms with Crippen molar-refractivity contribution in [2.24, 2.45) is 0 Å². The van der Waals surface area contributed by atoms with Crippen LogP contribution in [0.3, 0.4) is 0 Å². The largest absolute Gasteiger partial charge is 0.493 e. The summed E-state index contributed by atoms with van der Waals surface area (Å²) in [6.45, 7) is 9.87. The molecule has 1 aliphatic heterocycles. The van der Waals surface area contributed by atoms with Crippen LogP contribution >= 0.6 is 0 Å². The second kappa shape index (κ2) is 8.57. The number of hydrogen-bond donors (Lipinski definition) is 2. The standard InChI is InChI=1S/C25H29N7O2/c1-14-10-31(11-15(2)27-14)21-7-6-19(23-20(21)9-26-17(4)29-23)25(33)30-18-8-22(34-5)24-28-16(3)12-32(24)13-18/h6-9,12-15,27H,10-11H2,1-5H3,(H,30,33)/t14-,15-/m1/s1. The number of ether oxygens (including phenoxy) is 1. The van der Waals surface area contributed by atoms with E-state index in [2.05, 4.69) is 44.3 Å². The predicted molar refractivity (Wildman–Crippen MR) is 133 cm³/mol. The minimum absolute atomic E-state index is 0.241. The maximum Gasteiger partial charge on any atom is 0.257 e. The van der Waals surface area contributed by atoms with Gasteiger partial charge in [-0.1, -0.05) is 0 Å². The van der Waals surface area contributed by atoms with Gasteiger partial charge in [-0.3, -0.25) is 4.79 Å². The molecular weight excluding hydrogens is 430 g/mol. The first-order valence-electron chi connectivity index (χ1n) is 11.4. The lowest BCUT2D eigenvalue weighted by Gasteiger charge is -2.38. The van der Waals surface area contributed by atoms with Crippen molar-refractivity contribution in [2.75, 3.05) is 30.4 Å². The highest BCUT2D eigenvalue weighted by Crippen LogP contribution is 2.31. The number of fused-ring (bicyclic) bond motifs is 2. The number of benzene rings is 1. The van der Waals surface area contributed by atoms with Gasteiger partial charge in [0.05, 0.1) is 29.6 Å². The van der Waals surface area contributed by atoms with Crippen LogP contribution in [0.4, 0.5) is 11.4 Å². The quantitative estimate of drug-likeness (QED) is 0.483. The highest BCUT2D eigenvalue weighted by Gasteiger charge is 2.24. The van der Waals surface area contributed by atoms with Crippen LogP contribution in [0.15, 0.2) is 36.8 Å². The Balaban J connectivity index is 1.53. The molecule has 0 spiro atoms. The molecule has 9 nitrogen and oxygen atoms in total. The molecule has 2 N–H and O–H groups in total. The maximum atomic E-state index is 13.4. The summed E-state index contributed by atoms with van der Waals surface area (Å²) >= 11 is 0. The molecule has 34 heavy (non-hydrogen) atoms. The summed E-state index contributed by atoms with van der Waals surface area (Å²) in [4.78, 5) is 29.3. The summed E-state index contributed by atoms with van der Waals surface area (Å²) in [6.07, 6.45) is 5.55. The first-order valence-corrected chi connectivity index (χ1v) is 11.4. The summed E-state index contributed by atoms with van der Waals surface area (Å²) < 4.78 is 7.34. The molecule has 0 bridgehead atoms. The highest BCUT2D eigenvalue weighted by atomic mass is 16.5. The zero-order chi connectivity index (χ0) is 24.0. The monoisotopic (exact) mass is 459 g/mol. The number of aryl methyl sites for hydroxylation is 2. The van der Waals surface area contributed by atoms with Crippen LogP contribution in [0.5, 0.6) is 5.75 Å². The van der Waals surface area contributed by atoms with Crippen molar-refractivity contribution in [1.82, 2.24) is 24.7 Å². The van der Waals surface area contributed by atoms with E-state index in [4.69, 9.17) is 4.74 Å². The molecule has 1 saturated heterocycles. The normalized spacial score (nSPS) is 18.4. The second-order valence-electron chi connectivity index (χ2n) is 9.05. The van der Waals surface area contributed by atoms with Crippen LogP contribution in [-0.2, 0) is 0 Å². The number of hydrogen-bond acceptors (Lipinski definition) is 7. The Hall–Kier alpha value is -3.72. The van der Waals surface area contributed by atoms with E-state index in [1.165, 1.54) is 0 Å². The van der Waals surface area contributed by atoms with Crippen molar-refractivity contribution in [1.29, 1.82) is 0 Å². The van der Waals surface area contributed by atoms with Gasteiger partial charge in [-0.05, 0) is 39.8 Å². The summed E-state index contributed by atoms with van der Waals surface area (Å²) in [7, 11) is 1.59. The van der Waals surface area contributed by atoms with Crippen molar-refractivity contribution >= 4 is 33.8 Å². The van der Waals surface area contributed by atoms with Crippen molar-refractivity contribution < 1.29 is 9.53 Å². The molecule has 1 aromatic carbocycles. The van der Waals surface area contributed by atoms with E-state index in [0.29, 0.717) is 46.1 Å². The summed E-state index contributed by atoms with van der Waals surface area (Å²) in [5.74, 6) is 0.971. The van der Waals surface area contributed by atoms with E-state index in [-0.39, 0.29) is 5.91 Å². The number of aromatic nitrogens is 4. The first-order chi connectivity index (χ1) is 16.3. The number of rotatable bonds is 4. The molecule has 4 aromatic rings. The average molecular weight is 460 g/mol. The lowest BCUT2D eigenvalue weighted by Crippen LogP contribution is -2.54. The Morgan fingerprint density at radius 1 is 1.15 bits per heavy atom. The van der Waals surface area contributed by atoms with E-state index in [1.807, 2.05) is 49.0 Å². The number of piperazine rings is 1. The lowest BCUT2D eigenvalue weighted by molar-refractivity contribution is 0.102. The van der Waals surface area contributed by atoms with Gasteiger partial charge in [-0.2, -0.15) is 0 Å². The number of nitrogens with zero attached hydrogens (tertiary/aromatic N) is 5. The molecule has 1 fully saturated rings. The van der Waals surface area contributed by atoms with Gasteiger partial charge in [0.2, 0.25) is 0 Å². The van der Waals surface area contributed by atoms with E-state index in [0.717, 1.165) is 29.9 Å². The van der Waals surface area contributed by atoms with Gasteiger partial charge in [0.25, 0.3) is 5.91 Å². The fraction of sp³-hybridized carbons (Fsp3) is 0.360. The van der Waals surface area contributed by atoms with Crippen LogP contribution in [0.2, 0.25) is 0 Å². The van der Waals surface area contributed by atoms with E-state index in [1.54, 1.807) is 13.2 Å². The highest BCUT2D eigenvalue weighted by molar-refractivity contribution is 6.13. The van der Waals surface area contributed by atoms with Gasteiger partial charge < -0.3 is 24.7 Å². The number of anilines is 2. The van der Waals surface area contributed by atoms with Crippen molar-refractivity contribution in [3.05, 3.63) is 53.9 Å². The van der Waals surface area contributed by atoms with Crippen molar-refractivity contribution in [2.45, 2.75) is 39.8 Å². The molecular formula is C25H29N7O2. The molecule has 0 radical (unpaired) electrons. The Labute approximate surface area is 198 Å². The Kier molecular flexibility index (Phi) is 5.57. The molecule has 0 unspecified atom stereocenters. The van der Waals surface area contributed by atoms with Gasteiger partial charge in [0.1, 0.15) is 5.82 Å². The van der Waals surface area contributed by atoms with Gasteiger partial charge in [0, 0.05) is 60.9 Å². The molecule has 1 amide bonds. The fourth-order valence-electron chi connectivity index (χ4n) is 4.78. The number of carbonyl (C=O) groups excluding carboxylic acids is 1. The van der Waals surface area contributed by atoms with E-state index >= 15 is 0 Å². The third-order valence-electron chi connectivity index (χ3n) is 6.11. The molecule has 5 rings (SSSR count). The number of nitrogens with one attached hydrogen (secondary N) is 2. The zero-order valence-electron chi connectivity index (χ0n) is 20.1. The van der Waals surface area contributed by atoms with Gasteiger partial charge in [-0.25, -0.2) is 15.0 Å². The molecule has 4 heterocycles. The predicted octanol–water partition coefficient (Wildman–Crippen LogP) is 3.34. The lowest BCUT2D eigenvalue weighted by atomic mass is 10.0. The molecule has 2 atom stereocenters. The number of pyridine rings is 1. The average Bonchev–Trinajstić information content (AvgIpc) is 3.16. The number of carbonyl (C=O) groups is 1. The zero-order valence-corrected chi connectivity index (χ0v) is 20.1. The van der Waals surface area contributed by atoms with E-state index < -0.39 is 0 Å². The third-order valence-corrected chi connectivity index (χ3v) is 6.11. The second-order valence-corrected chi connectivity index (χ2v) is 9.05. The Bertz CT molecular complexity index is 1390. The summed E-state index contributed by atoms with van der Waals surface area (Å²) in [6, 6.07) is 6.37. The number of imidazole rings is 1. The van der Waals surface area contributed by atoms with Gasteiger partial charge in [0.15, 0.2) is 11.4 Å². The Morgan fingerprint density at radius 2 is 1.91 bits per heavy atom. The summed E-state index contributed by atoms with van der Waals surface area (Å²) in [5, 5.41) is 7.44. The van der Waals surface area contributed by atoms with Crippen LogP contribution < -0.4 is 20.3 Å². The molecule has 9 heteroatoms. The van der Waals surface area contributed by atoms with Gasteiger partial charge >= 0.3 is 0 Å². The van der Waals surface area contributed by atoms with Crippen molar-refractivity contribution in [3.8, 4) is 5.75 Å². The fourth-order valence-corrected chi connectivity index (χ4v) is 4.78. The van der Waals surface area contributed by atoms with Crippen LogP contribution in [0.25, 0.3) is 16.6 Å². The van der Waals surface area contributed by atoms with Crippen LogP contribution in [-0.4, -0.2) is 57.5 Å². The topological polar surface area (TPSA) is 96.7 Å². The molecule has 1 aliphatic rings.